The third kappa shape index (κ3) is 5.04. The number of nitrogens with zero attached hydrogens (tertiary/aromatic N) is 1. The first-order valence-corrected chi connectivity index (χ1v) is 7.44. The molecule has 3 nitrogen and oxygen atoms in total. The molecular weight excluding hydrogens is 293 g/mol. The van der Waals surface area contributed by atoms with Gasteiger partial charge in [-0.3, -0.25) is 10.0 Å². The summed E-state index contributed by atoms with van der Waals surface area (Å²) in [6.45, 7) is 5.84. The fourth-order valence-electron chi connectivity index (χ4n) is 2.19. The summed E-state index contributed by atoms with van der Waals surface area (Å²) >= 11 is 0. The third-order valence-electron chi connectivity index (χ3n) is 3.50. The van der Waals surface area contributed by atoms with Crippen LogP contribution in [0.2, 0.25) is 0 Å². The van der Waals surface area contributed by atoms with E-state index < -0.39 is 0 Å². The normalized spacial score (nSPS) is 10.4. The van der Waals surface area contributed by atoms with Crippen molar-refractivity contribution in [3.05, 3.63) is 72.1 Å². The first kappa shape index (κ1) is 16.9. The maximum Gasteiger partial charge on any atom is 0.250 e. The molecule has 0 spiro atoms. The van der Waals surface area contributed by atoms with Gasteiger partial charge in [-0.1, -0.05) is 42.0 Å². The number of carbonyl (C=O) groups excluding carboxylic acids is 1. The molecule has 2 rings (SSSR count). The Kier molecular flexibility index (Phi) is 5.66. The Labute approximate surface area is 135 Å². The van der Waals surface area contributed by atoms with Gasteiger partial charge in [-0.15, -0.1) is 6.58 Å². The molecule has 0 aliphatic rings. The number of amides is 1. The Morgan fingerprint density at radius 2 is 1.87 bits per heavy atom. The van der Waals surface area contributed by atoms with Crippen LogP contribution in [0.4, 0.5) is 4.39 Å². The van der Waals surface area contributed by atoms with E-state index in [1.54, 1.807) is 12.1 Å². The second-order valence-corrected chi connectivity index (χ2v) is 5.61. The van der Waals surface area contributed by atoms with Gasteiger partial charge in [-0.05, 0) is 42.2 Å². The van der Waals surface area contributed by atoms with Crippen LogP contribution in [-0.4, -0.2) is 22.7 Å². The van der Waals surface area contributed by atoms with Crippen LogP contribution < -0.4 is 0 Å². The molecule has 23 heavy (non-hydrogen) atoms. The van der Waals surface area contributed by atoms with Gasteiger partial charge in [0.25, 0.3) is 0 Å². The molecule has 2 aromatic carbocycles. The van der Waals surface area contributed by atoms with Gasteiger partial charge < -0.3 is 0 Å². The SMILES string of the molecule is C=C(C)CCN(O)C(=O)Cc1cccc(-c2ccc(F)cc2)c1. The molecule has 0 saturated heterocycles. The molecule has 1 N–H and O–H groups in total. The van der Waals surface area contributed by atoms with E-state index in [-0.39, 0.29) is 24.7 Å². The molecule has 0 saturated carbocycles. The summed E-state index contributed by atoms with van der Waals surface area (Å²) in [5.74, 6) is -0.643. The van der Waals surface area contributed by atoms with E-state index in [4.69, 9.17) is 0 Å². The van der Waals surface area contributed by atoms with E-state index in [0.29, 0.717) is 6.42 Å². The number of halogens is 1. The van der Waals surface area contributed by atoms with E-state index in [0.717, 1.165) is 27.3 Å². The van der Waals surface area contributed by atoms with Gasteiger partial charge in [0.2, 0.25) is 5.91 Å². The lowest BCUT2D eigenvalue weighted by molar-refractivity contribution is -0.164. The minimum Gasteiger partial charge on any atom is -0.286 e. The van der Waals surface area contributed by atoms with Crippen LogP contribution in [0.5, 0.6) is 0 Å². The van der Waals surface area contributed by atoms with Gasteiger partial charge in [0.15, 0.2) is 0 Å². The largest absolute Gasteiger partial charge is 0.286 e. The van der Waals surface area contributed by atoms with Crippen molar-refractivity contribution in [1.82, 2.24) is 5.06 Å². The van der Waals surface area contributed by atoms with Gasteiger partial charge in [0.05, 0.1) is 13.0 Å². The van der Waals surface area contributed by atoms with Gasteiger partial charge in [-0.2, -0.15) is 0 Å². The second kappa shape index (κ2) is 7.70. The van der Waals surface area contributed by atoms with Crippen LogP contribution >= 0.6 is 0 Å². The lowest BCUT2D eigenvalue weighted by Gasteiger charge is -2.15. The van der Waals surface area contributed by atoms with Crippen molar-refractivity contribution in [1.29, 1.82) is 0 Å². The van der Waals surface area contributed by atoms with Crippen LogP contribution in [0, 0.1) is 5.82 Å². The Balaban J connectivity index is 2.06. The highest BCUT2D eigenvalue weighted by atomic mass is 19.1. The molecule has 0 aliphatic heterocycles. The standard InChI is InChI=1S/C19H20FNO2/c1-14(2)10-11-21(23)19(22)13-15-4-3-5-17(12-15)16-6-8-18(20)9-7-16/h3-9,12,23H,1,10-11,13H2,2H3. The number of hydrogen-bond acceptors (Lipinski definition) is 2. The highest BCUT2D eigenvalue weighted by molar-refractivity contribution is 5.78. The molecule has 2 aromatic rings. The summed E-state index contributed by atoms with van der Waals surface area (Å²) < 4.78 is 13.0. The van der Waals surface area contributed by atoms with Crippen molar-refractivity contribution in [3.63, 3.8) is 0 Å². The molecule has 0 bridgehead atoms. The summed E-state index contributed by atoms with van der Waals surface area (Å²) in [5.41, 5.74) is 3.49. The van der Waals surface area contributed by atoms with E-state index >= 15 is 0 Å². The van der Waals surface area contributed by atoms with Gasteiger partial charge >= 0.3 is 0 Å². The van der Waals surface area contributed by atoms with Crippen LogP contribution in [-0.2, 0) is 11.2 Å². The number of hydroxylamine groups is 2. The quantitative estimate of drug-likeness (QED) is 0.493. The van der Waals surface area contributed by atoms with Crippen molar-refractivity contribution < 1.29 is 14.4 Å². The first-order chi connectivity index (χ1) is 11.0. The zero-order chi connectivity index (χ0) is 16.8. The number of hydrogen-bond donors (Lipinski definition) is 1. The number of rotatable bonds is 6. The Bertz CT molecular complexity index is 695. The summed E-state index contributed by atoms with van der Waals surface area (Å²) in [6.07, 6.45) is 0.680. The maximum absolute atomic E-state index is 13.0. The highest BCUT2D eigenvalue weighted by Crippen LogP contribution is 2.21. The van der Waals surface area contributed by atoms with Crippen molar-refractivity contribution in [2.45, 2.75) is 19.8 Å². The third-order valence-corrected chi connectivity index (χ3v) is 3.50. The fraction of sp³-hybridized carbons (Fsp3) is 0.211. The van der Waals surface area contributed by atoms with E-state index in [1.165, 1.54) is 12.1 Å². The lowest BCUT2D eigenvalue weighted by Crippen LogP contribution is -2.29. The van der Waals surface area contributed by atoms with Gasteiger partial charge in [0.1, 0.15) is 5.82 Å². The van der Waals surface area contributed by atoms with E-state index in [2.05, 4.69) is 6.58 Å². The summed E-state index contributed by atoms with van der Waals surface area (Å²) in [7, 11) is 0. The zero-order valence-corrected chi connectivity index (χ0v) is 13.1. The molecule has 0 radical (unpaired) electrons. The van der Waals surface area contributed by atoms with Crippen LogP contribution in [0.1, 0.15) is 18.9 Å². The smallest absolute Gasteiger partial charge is 0.250 e. The minimum absolute atomic E-state index is 0.113. The molecule has 1 amide bonds. The van der Waals surface area contributed by atoms with Gasteiger partial charge in [-0.25, -0.2) is 9.45 Å². The molecule has 120 valence electrons. The van der Waals surface area contributed by atoms with Crippen molar-refractivity contribution >= 4 is 5.91 Å². The van der Waals surface area contributed by atoms with Crippen molar-refractivity contribution in [3.8, 4) is 11.1 Å². The summed E-state index contributed by atoms with van der Waals surface area (Å²) in [5, 5.41) is 10.5. The predicted molar refractivity (Wildman–Crippen MR) is 88.5 cm³/mol. The topological polar surface area (TPSA) is 40.5 Å². The molecular formula is C19H20FNO2. The molecule has 0 atom stereocenters. The summed E-state index contributed by atoms with van der Waals surface area (Å²) in [4.78, 5) is 12.0. The fourth-order valence-corrected chi connectivity index (χ4v) is 2.19. The lowest BCUT2D eigenvalue weighted by atomic mass is 10.0. The Morgan fingerprint density at radius 3 is 2.52 bits per heavy atom. The first-order valence-electron chi connectivity index (χ1n) is 7.44. The molecule has 0 fully saturated rings. The molecule has 0 aromatic heterocycles. The zero-order valence-electron chi connectivity index (χ0n) is 13.1. The molecule has 0 aliphatic carbocycles. The van der Waals surface area contributed by atoms with Crippen LogP contribution in [0.3, 0.4) is 0 Å². The molecule has 0 heterocycles. The number of carbonyl (C=O) groups is 1. The highest BCUT2D eigenvalue weighted by Gasteiger charge is 2.12. The number of benzene rings is 2. The van der Waals surface area contributed by atoms with Gasteiger partial charge in [0, 0.05) is 0 Å². The Hall–Kier alpha value is -2.46. The van der Waals surface area contributed by atoms with Crippen molar-refractivity contribution in [2.75, 3.05) is 6.54 Å². The summed E-state index contributed by atoms with van der Waals surface area (Å²) in [6, 6.07) is 13.6. The monoisotopic (exact) mass is 313 g/mol. The molecule has 0 unspecified atom stereocenters. The second-order valence-electron chi connectivity index (χ2n) is 5.61. The van der Waals surface area contributed by atoms with Crippen LogP contribution in [0.25, 0.3) is 11.1 Å². The molecule has 4 heteroatoms. The predicted octanol–water partition coefficient (Wildman–Crippen LogP) is 4.22. The minimum atomic E-state index is -0.359. The average Bonchev–Trinajstić information content (AvgIpc) is 2.53. The van der Waals surface area contributed by atoms with Crippen molar-refractivity contribution in [2.24, 2.45) is 0 Å². The Morgan fingerprint density at radius 1 is 1.17 bits per heavy atom. The average molecular weight is 313 g/mol. The van der Waals surface area contributed by atoms with E-state index in [9.17, 15) is 14.4 Å². The van der Waals surface area contributed by atoms with E-state index in [1.807, 2.05) is 31.2 Å². The van der Waals surface area contributed by atoms with Crippen LogP contribution in [0.15, 0.2) is 60.7 Å². The maximum atomic E-state index is 13.0.